The Labute approximate surface area is 82.5 Å². The molecule has 0 aromatic heterocycles. The van der Waals surface area contributed by atoms with Crippen molar-refractivity contribution >= 4 is 11.9 Å². The lowest BCUT2D eigenvalue weighted by Gasteiger charge is -1.99. The third kappa shape index (κ3) is 6.88. The van der Waals surface area contributed by atoms with Crippen molar-refractivity contribution in [1.82, 2.24) is 0 Å². The van der Waals surface area contributed by atoms with E-state index in [0.29, 0.717) is 0 Å². The first-order chi connectivity index (χ1) is 6.70. The largest absolute Gasteiger partial charge is 0.462 e. The molecule has 4 heteroatoms. The lowest BCUT2D eigenvalue weighted by atomic mass is 10.5. The summed E-state index contributed by atoms with van der Waals surface area (Å²) in [4.78, 5) is 21.4. The van der Waals surface area contributed by atoms with Crippen molar-refractivity contribution in [2.24, 2.45) is 0 Å². The highest BCUT2D eigenvalue weighted by Gasteiger charge is 2.02. The molecule has 0 fully saturated rings. The Morgan fingerprint density at radius 2 is 2.21 bits per heavy atom. The van der Waals surface area contributed by atoms with Crippen molar-refractivity contribution in [3.8, 4) is 0 Å². The first-order valence-electron chi connectivity index (χ1n) is 4.05. The first-order valence-corrected chi connectivity index (χ1v) is 4.05. The molecular formula is C10H12O4. The van der Waals surface area contributed by atoms with Crippen LogP contribution in [-0.4, -0.2) is 18.5 Å². The number of hydrogen-bond acceptors (Lipinski definition) is 4. The average molecular weight is 196 g/mol. The van der Waals surface area contributed by atoms with Crippen LogP contribution in [0.3, 0.4) is 0 Å². The number of hydrogen-bond donors (Lipinski definition) is 0. The van der Waals surface area contributed by atoms with E-state index in [0.717, 1.165) is 12.3 Å². The molecule has 0 spiro atoms. The number of carbonyl (C=O) groups excluding carboxylic acids is 2. The zero-order chi connectivity index (χ0) is 10.8. The van der Waals surface area contributed by atoms with Crippen molar-refractivity contribution in [2.45, 2.75) is 13.3 Å². The Morgan fingerprint density at radius 3 is 2.79 bits per heavy atom. The lowest BCUT2D eigenvalue weighted by molar-refractivity contribution is -0.143. The van der Waals surface area contributed by atoms with Crippen LogP contribution < -0.4 is 0 Å². The molecule has 0 heterocycles. The molecule has 76 valence electrons. The van der Waals surface area contributed by atoms with Crippen LogP contribution in [0.5, 0.6) is 0 Å². The van der Waals surface area contributed by atoms with Gasteiger partial charge in [0.2, 0.25) is 0 Å². The fraction of sp³-hybridized carbons (Fsp3) is 0.300. The Hall–Kier alpha value is -1.80. The van der Waals surface area contributed by atoms with Gasteiger partial charge >= 0.3 is 11.9 Å². The summed E-state index contributed by atoms with van der Waals surface area (Å²) >= 11 is 0. The molecule has 14 heavy (non-hydrogen) atoms. The minimum atomic E-state index is -0.554. The normalized spacial score (nSPS) is 8.07. The second-order valence-electron chi connectivity index (χ2n) is 2.18. The predicted octanol–water partition coefficient (Wildman–Crippen LogP) is 1.34. The summed E-state index contributed by atoms with van der Waals surface area (Å²) in [5.74, 6) is -1.03. The van der Waals surface area contributed by atoms with Crippen molar-refractivity contribution in [2.75, 3.05) is 6.61 Å². The summed E-state index contributed by atoms with van der Waals surface area (Å²) in [6.07, 6.45) is 3.80. The summed E-state index contributed by atoms with van der Waals surface area (Å²) in [5.41, 5.74) is 2.57. The van der Waals surface area contributed by atoms with Gasteiger partial charge in [-0.05, 0) is 13.0 Å². The highest BCUT2D eigenvalue weighted by molar-refractivity contribution is 5.81. The highest BCUT2D eigenvalue weighted by Crippen LogP contribution is 1.89. The van der Waals surface area contributed by atoms with E-state index >= 15 is 0 Å². The van der Waals surface area contributed by atoms with Gasteiger partial charge < -0.3 is 9.47 Å². The SMILES string of the molecule is C=CC(=O)OCCC(=O)OC=C=CC. The van der Waals surface area contributed by atoms with Gasteiger partial charge in [0.25, 0.3) is 0 Å². The van der Waals surface area contributed by atoms with Crippen molar-refractivity contribution in [1.29, 1.82) is 0 Å². The molecular weight excluding hydrogens is 184 g/mol. The summed E-state index contributed by atoms with van der Waals surface area (Å²) in [7, 11) is 0. The zero-order valence-corrected chi connectivity index (χ0v) is 7.99. The van der Waals surface area contributed by atoms with Crippen LogP contribution in [0.15, 0.2) is 30.7 Å². The van der Waals surface area contributed by atoms with Crippen LogP contribution in [0.1, 0.15) is 13.3 Å². The minimum Gasteiger partial charge on any atom is -0.462 e. The minimum absolute atomic E-state index is 0.00658. The topological polar surface area (TPSA) is 52.6 Å². The van der Waals surface area contributed by atoms with Gasteiger partial charge in [0, 0.05) is 6.08 Å². The summed E-state index contributed by atoms with van der Waals surface area (Å²) in [5, 5.41) is 0. The van der Waals surface area contributed by atoms with E-state index in [1.54, 1.807) is 13.0 Å². The van der Waals surface area contributed by atoms with E-state index in [4.69, 9.17) is 0 Å². The fourth-order valence-electron chi connectivity index (χ4n) is 0.521. The molecule has 0 unspecified atom stereocenters. The zero-order valence-electron chi connectivity index (χ0n) is 7.99. The Bertz CT molecular complexity index is 272. The maximum absolute atomic E-state index is 10.9. The smallest absolute Gasteiger partial charge is 0.330 e. The maximum atomic E-state index is 10.9. The summed E-state index contributed by atoms with van der Waals surface area (Å²) in [6.45, 7) is 4.95. The molecule has 0 aliphatic carbocycles. The second kappa shape index (κ2) is 7.83. The number of carbonyl (C=O) groups is 2. The maximum Gasteiger partial charge on any atom is 0.330 e. The van der Waals surface area contributed by atoms with E-state index in [2.05, 4.69) is 21.8 Å². The summed E-state index contributed by atoms with van der Waals surface area (Å²) < 4.78 is 9.14. The van der Waals surface area contributed by atoms with Crippen molar-refractivity contribution < 1.29 is 19.1 Å². The number of allylic oxidation sites excluding steroid dienone is 1. The molecule has 0 aliphatic rings. The quantitative estimate of drug-likeness (QED) is 0.288. The molecule has 0 aromatic rings. The third-order valence-electron chi connectivity index (χ3n) is 1.14. The Balaban J connectivity index is 3.59. The molecule has 0 bridgehead atoms. The van der Waals surface area contributed by atoms with E-state index in [-0.39, 0.29) is 13.0 Å². The van der Waals surface area contributed by atoms with E-state index in [1.165, 1.54) is 0 Å². The van der Waals surface area contributed by atoms with Crippen LogP contribution in [0, 0.1) is 0 Å². The highest BCUT2D eigenvalue weighted by atomic mass is 16.5. The molecule has 0 amide bonds. The van der Waals surface area contributed by atoms with Gasteiger partial charge in [-0.1, -0.05) is 12.3 Å². The molecule has 0 saturated heterocycles. The van der Waals surface area contributed by atoms with Crippen LogP contribution in [-0.2, 0) is 19.1 Å². The van der Waals surface area contributed by atoms with Gasteiger partial charge in [0.15, 0.2) is 0 Å². The molecule has 0 rings (SSSR count). The van der Waals surface area contributed by atoms with E-state index in [9.17, 15) is 9.59 Å². The average Bonchev–Trinajstić information content (AvgIpc) is 2.18. The van der Waals surface area contributed by atoms with Gasteiger partial charge in [-0.2, -0.15) is 0 Å². The van der Waals surface area contributed by atoms with Crippen LogP contribution in [0.2, 0.25) is 0 Å². The van der Waals surface area contributed by atoms with Crippen LogP contribution >= 0.6 is 0 Å². The van der Waals surface area contributed by atoms with Gasteiger partial charge in [-0.3, -0.25) is 4.79 Å². The Kier molecular flexibility index (Phi) is 6.82. The Morgan fingerprint density at radius 1 is 1.50 bits per heavy atom. The van der Waals surface area contributed by atoms with Crippen LogP contribution in [0.4, 0.5) is 0 Å². The molecule has 0 aromatic carbocycles. The second-order valence-corrected chi connectivity index (χ2v) is 2.18. The van der Waals surface area contributed by atoms with E-state index < -0.39 is 11.9 Å². The lowest BCUT2D eigenvalue weighted by Crippen LogP contribution is -2.08. The van der Waals surface area contributed by atoms with Gasteiger partial charge in [-0.15, -0.1) is 0 Å². The number of rotatable bonds is 5. The van der Waals surface area contributed by atoms with Gasteiger partial charge in [-0.25, -0.2) is 4.79 Å². The van der Waals surface area contributed by atoms with E-state index in [1.807, 2.05) is 0 Å². The van der Waals surface area contributed by atoms with Crippen molar-refractivity contribution in [3.05, 3.63) is 30.7 Å². The monoisotopic (exact) mass is 196 g/mol. The molecule has 0 saturated carbocycles. The summed E-state index contributed by atoms with van der Waals surface area (Å²) in [6, 6.07) is 0. The molecule has 4 nitrogen and oxygen atoms in total. The molecule has 0 radical (unpaired) electrons. The van der Waals surface area contributed by atoms with Gasteiger partial charge in [0.1, 0.15) is 12.9 Å². The molecule has 0 aliphatic heterocycles. The first kappa shape index (κ1) is 12.2. The van der Waals surface area contributed by atoms with Gasteiger partial charge in [0.05, 0.1) is 6.42 Å². The third-order valence-corrected chi connectivity index (χ3v) is 1.14. The molecule has 0 N–H and O–H groups in total. The predicted molar refractivity (Wildman–Crippen MR) is 50.2 cm³/mol. The number of esters is 2. The molecule has 0 atom stereocenters. The standard InChI is InChI=1S/C10H12O4/c1-3-5-7-13-10(12)6-8-14-9(11)4-2/h3-4,7H,2,6,8H2,1H3. The van der Waals surface area contributed by atoms with Crippen molar-refractivity contribution in [3.63, 3.8) is 0 Å². The number of ether oxygens (including phenoxy) is 2. The van der Waals surface area contributed by atoms with Crippen LogP contribution in [0.25, 0.3) is 0 Å². The fourth-order valence-corrected chi connectivity index (χ4v) is 0.521.